The van der Waals surface area contributed by atoms with E-state index in [0.29, 0.717) is 21.8 Å². The van der Waals surface area contributed by atoms with E-state index in [1.165, 1.54) is 35.0 Å². The fraction of sp³-hybridized carbons (Fsp3) is 0.240. The van der Waals surface area contributed by atoms with Crippen molar-refractivity contribution in [1.29, 1.82) is 0 Å². The fourth-order valence-corrected chi connectivity index (χ4v) is 6.73. The molecule has 1 aromatic carbocycles. The van der Waals surface area contributed by atoms with Gasteiger partial charge in [-0.3, -0.25) is 34.7 Å². The summed E-state index contributed by atoms with van der Waals surface area (Å²) in [5, 5.41) is 28.9. The SMILES string of the molecule is C=CSC1=C(C(=O)O)N2C(=O)C(NC(=O)C(=NOCC(=O)OCc3ccc([N+](=O)[O-])cc3)c3csc(NC(=O)C(F)(F)F)n3)[C@@H]2SC1. The molecule has 248 valence electrons. The van der Waals surface area contributed by atoms with Crippen LogP contribution >= 0.6 is 34.9 Å². The van der Waals surface area contributed by atoms with E-state index < -0.39 is 75.3 Å². The number of non-ortho nitro benzene ring substituents is 1. The van der Waals surface area contributed by atoms with Crippen LogP contribution in [0.15, 0.2) is 57.4 Å². The summed E-state index contributed by atoms with van der Waals surface area (Å²) < 4.78 is 43.1. The summed E-state index contributed by atoms with van der Waals surface area (Å²) in [6, 6.07) is 3.85. The molecule has 1 unspecified atom stereocenters. The highest BCUT2D eigenvalue weighted by Crippen LogP contribution is 2.43. The Hall–Kier alpha value is -4.96. The number of amides is 3. The second-order valence-electron chi connectivity index (χ2n) is 9.01. The van der Waals surface area contributed by atoms with Gasteiger partial charge in [0.15, 0.2) is 10.8 Å². The number of aliphatic carboxylic acids is 1. The lowest BCUT2D eigenvalue weighted by atomic mass is 10.0. The molecule has 3 N–H and O–H groups in total. The van der Waals surface area contributed by atoms with Crippen LogP contribution in [0.1, 0.15) is 11.3 Å². The minimum absolute atomic E-state index is 0.180. The third-order valence-electron chi connectivity index (χ3n) is 5.97. The molecule has 0 radical (unpaired) electrons. The average Bonchev–Trinajstić information content (AvgIpc) is 3.48. The summed E-state index contributed by atoms with van der Waals surface area (Å²) in [7, 11) is 0. The Morgan fingerprint density at radius 2 is 1.98 bits per heavy atom. The Kier molecular flexibility index (Phi) is 10.9. The minimum atomic E-state index is -5.24. The zero-order chi connectivity index (χ0) is 34.5. The molecule has 0 bridgehead atoms. The van der Waals surface area contributed by atoms with Crippen molar-refractivity contribution in [2.75, 3.05) is 17.7 Å². The van der Waals surface area contributed by atoms with Gasteiger partial charge in [0.1, 0.15) is 29.4 Å². The summed E-state index contributed by atoms with van der Waals surface area (Å²) >= 11 is 2.68. The number of β-lactam (4-membered cyclic amide) rings is 1. The molecule has 0 aliphatic carbocycles. The van der Waals surface area contributed by atoms with E-state index in [2.05, 4.69) is 22.0 Å². The number of rotatable bonds is 13. The quantitative estimate of drug-likeness (QED) is 0.0894. The maximum absolute atomic E-state index is 13.3. The van der Waals surface area contributed by atoms with Gasteiger partial charge in [-0.05, 0) is 23.1 Å². The maximum Gasteiger partial charge on any atom is 0.471 e. The van der Waals surface area contributed by atoms with Gasteiger partial charge >= 0.3 is 24.0 Å². The van der Waals surface area contributed by atoms with Crippen molar-refractivity contribution in [2.24, 2.45) is 5.16 Å². The highest BCUT2D eigenvalue weighted by atomic mass is 32.2. The molecule has 3 amide bonds. The number of fused-ring (bicyclic) bond motifs is 1. The van der Waals surface area contributed by atoms with Gasteiger partial charge in [-0.25, -0.2) is 14.6 Å². The van der Waals surface area contributed by atoms with Crippen molar-refractivity contribution in [3.05, 3.63) is 73.6 Å². The fourth-order valence-electron chi connectivity index (χ4n) is 3.87. The zero-order valence-electron chi connectivity index (χ0n) is 23.2. The van der Waals surface area contributed by atoms with Gasteiger partial charge in [-0.1, -0.05) is 23.5 Å². The molecule has 3 heterocycles. The van der Waals surface area contributed by atoms with Crippen molar-refractivity contribution >= 4 is 81.1 Å². The first-order valence-electron chi connectivity index (χ1n) is 12.6. The predicted octanol–water partition coefficient (Wildman–Crippen LogP) is 2.59. The van der Waals surface area contributed by atoms with E-state index >= 15 is 0 Å². The summed E-state index contributed by atoms with van der Waals surface area (Å²) in [6.45, 7) is 2.36. The molecule has 2 aliphatic heterocycles. The Morgan fingerprint density at radius 3 is 2.60 bits per heavy atom. The second-order valence-corrected chi connectivity index (χ2v) is 12.0. The standard InChI is InChI=1S/C25H19F3N6O10S3/c1-2-45-14-10-46-21-17(20(37)33(21)18(14)22(38)39)30-19(36)16(13-9-47-24(29-13)31-23(40)25(26,27)28)32-44-8-15(35)43-7-11-3-5-12(6-4-11)34(41)42/h2-6,9,17,21H,1,7-8,10H2,(H,30,36)(H,38,39)(H,29,31,40)/t17?,21-/m0/s1. The number of carboxylic acid groups (broad SMARTS) is 1. The molecule has 2 aliphatic rings. The molecule has 1 aromatic heterocycles. The number of nitrogens with one attached hydrogen (secondary N) is 2. The number of oxime groups is 1. The third kappa shape index (κ3) is 8.26. The molecule has 2 atom stereocenters. The van der Waals surface area contributed by atoms with Crippen LogP contribution in [-0.4, -0.2) is 85.2 Å². The number of benzene rings is 1. The van der Waals surface area contributed by atoms with Crippen LogP contribution in [0.25, 0.3) is 0 Å². The number of hydrogen-bond donors (Lipinski definition) is 3. The molecule has 4 rings (SSSR count). The molecule has 0 spiro atoms. The second kappa shape index (κ2) is 14.6. The van der Waals surface area contributed by atoms with Crippen molar-refractivity contribution in [3.63, 3.8) is 0 Å². The number of hydrogen-bond acceptors (Lipinski definition) is 14. The van der Waals surface area contributed by atoms with E-state index in [1.807, 2.05) is 0 Å². The Labute approximate surface area is 273 Å². The molecular formula is C25H19F3N6O10S3. The van der Waals surface area contributed by atoms with E-state index in [-0.39, 0.29) is 23.7 Å². The number of carboxylic acids is 1. The maximum atomic E-state index is 13.3. The van der Waals surface area contributed by atoms with Gasteiger partial charge in [-0.15, -0.1) is 23.1 Å². The van der Waals surface area contributed by atoms with Crippen LogP contribution in [0, 0.1) is 10.1 Å². The molecule has 1 saturated heterocycles. The molecule has 0 saturated carbocycles. The largest absolute Gasteiger partial charge is 0.477 e. The van der Waals surface area contributed by atoms with Gasteiger partial charge < -0.3 is 20.0 Å². The van der Waals surface area contributed by atoms with Crippen molar-refractivity contribution < 1.29 is 56.7 Å². The number of carbonyl (C=O) groups excluding carboxylic acids is 4. The van der Waals surface area contributed by atoms with Crippen LogP contribution in [0.2, 0.25) is 0 Å². The molecular weight excluding hydrogens is 698 g/mol. The number of anilines is 1. The predicted molar refractivity (Wildman–Crippen MR) is 160 cm³/mol. The van der Waals surface area contributed by atoms with Crippen LogP contribution in [0.5, 0.6) is 0 Å². The van der Waals surface area contributed by atoms with Crippen LogP contribution in [-0.2, 0) is 40.2 Å². The van der Waals surface area contributed by atoms with E-state index in [9.17, 15) is 52.4 Å². The first kappa shape index (κ1) is 34.9. The normalized spacial score (nSPS) is 17.6. The van der Waals surface area contributed by atoms with Gasteiger partial charge in [0.2, 0.25) is 6.61 Å². The third-order valence-corrected chi connectivity index (χ3v) is 8.98. The Morgan fingerprint density at radius 1 is 1.28 bits per heavy atom. The number of nitro groups is 1. The summed E-state index contributed by atoms with van der Waals surface area (Å²) in [6.07, 6.45) is -5.24. The zero-order valence-corrected chi connectivity index (χ0v) is 25.7. The highest BCUT2D eigenvalue weighted by molar-refractivity contribution is 8.08. The number of thiazole rings is 1. The Balaban J connectivity index is 1.48. The van der Waals surface area contributed by atoms with Crippen LogP contribution in [0.4, 0.5) is 24.0 Å². The van der Waals surface area contributed by atoms with E-state index in [1.54, 1.807) is 0 Å². The molecule has 47 heavy (non-hydrogen) atoms. The monoisotopic (exact) mass is 716 g/mol. The van der Waals surface area contributed by atoms with Gasteiger partial charge in [-0.2, -0.15) is 13.2 Å². The molecule has 22 heteroatoms. The number of ether oxygens (including phenoxy) is 1. The van der Waals surface area contributed by atoms with Gasteiger partial charge in [0, 0.05) is 28.2 Å². The van der Waals surface area contributed by atoms with Gasteiger partial charge in [0.05, 0.1) is 4.92 Å². The first-order chi connectivity index (χ1) is 22.2. The number of nitro benzene ring substituents is 1. The number of carbonyl (C=O) groups is 5. The number of thioether (sulfide) groups is 2. The number of halogens is 3. The minimum Gasteiger partial charge on any atom is -0.477 e. The number of esters is 1. The average molecular weight is 717 g/mol. The lowest BCUT2D eigenvalue weighted by Crippen LogP contribution is -2.71. The summed E-state index contributed by atoms with van der Waals surface area (Å²) in [4.78, 5) is 81.8. The van der Waals surface area contributed by atoms with E-state index in [4.69, 9.17) is 9.57 Å². The van der Waals surface area contributed by atoms with Crippen molar-refractivity contribution in [3.8, 4) is 0 Å². The molecule has 16 nitrogen and oxygen atoms in total. The van der Waals surface area contributed by atoms with Gasteiger partial charge in [0.25, 0.3) is 17.5 Å². The van der Waals surface area contributed by atoms with E-state index in [0.717, 1.165) is 33.8 Å². The molecule has 2 aromatic rings. The summed E-state index contributed by atoms with van der Waals surface area (Å²) in [5.74, 6) is -6.42. The topological polar surface area (TPSA) is 220 Å². The molecule has 1 fully saturated rings. The Bertz CT molecular complexity index is 1700. The lowest BCUT2D eigenvalue weighted by Gasteiger charge is -2.49. The smallest absolute Gasteiger partial charge is 0.471 e. The first-order valence-corrected chi connectivity index (χ1v) is 15.4. The van der Waals surface area contributed by atoms with Crippen molar-refractivity contribution in [1.82, 2.24) is 15.2 Å². The van der Waals surface area contributed by atoms with Crippen molar-refractivity contribution in [2.45, 2.75) is 24.2 Å². The van der Waals surface area contributed by atoms with Crippen LogP contribution in [0.3, 0.4) is 0 Å². The number of nitrogens with zero attached hydrogens (tertiary/aromatic N) is 4. The number of alkyl halides is 3. The summed E-state index contributed by atoms with van der Waals surface area (Å²) in [5.41, 5.74) is -1.16. The number of aromatic nitrogens is 1. The van der Waals surface area contributed by atoms with Crippen LogP contribution < -0.4 is 10.6 Å². The lowest BCUT2D eigenvalue weighted by molar-refractivity contribution is -0.384. The highest BCUT2D eigenvalue weighted by Gasteiger charge is 2.54.